The zero-order chi connectivity index (χ0) is 18.2. The van der Waals surface area contributed by atoms with Gasteiger partial charge in [-0.25, -0.2) is 4.98 Å². The zero-order valence-electron chi connectivity index (χ0n) is 15.3. The molecule has 4 aromatic rings. The molecule has 2 heterocycles. The van der Waals surface area contributed by atoms with Crippen molar-refractivity contribution in [2.75, 3.05) is 5.32 Å². The zero-order valence-corrected chi connectivity index (χ0v) is 15.3. The highest BCUT2D eigenvalue weighted by Gasteiger charge is 2.22. The highest BCUT2D eigenvalue weighted by atomic mass is 15.4. The van der Waals surface area contributed by atoms with Crippen LogP contribution in [0.15, 0.2) is 54.6 Å². The van der Waals surface area contributed by atoms with Gasteiger partial charge in [0.25, 0.3) is 5.78 Å². The van der Waals surface area contributed by atoms with E-state index in [2.05, 4.69) is 36.5 Å². The van der Waals surface area contributed by atoms with Gasteiger partial charge in [0.2, 0.25) is 0 Å². The predicted octanol–water partition coefficient (Wildman–Crippen LogP) is 4.59. The Hall–Kier alpha value is -3.21. The quantitative estimate of drug-likeness (QED) is 0.582. The maximum Gasteiger partial charge on any atom is 0.254 e. The first-order valence-corrected chi connectivity index (χ1v) is 9.52. The van der Waals surface area contributed by atoms with Gasteiger partial charge in [0.05, 0.1) is 5.69 Å². The molecule has 5 heteroatoms. The van der Waals surface area contributed by atoms with E-state index in [1.807, 2.05) is 34.8 Å². The van der Waals surface area contributed by atoms with E-state index < -0.39 is 0 Å². The summed E-state index contributed by atoms with van der Waals surface area (Å²) < 4.78 is 1.86. The smallest absolute Gasteiger partial charge is 0.254 e. The second-order valence-corrected chi connectivity index (χ2v) is 6.93. The van der Waals surface area contributed by atoms with E-state index in [1.165, 1.54) is 11.1 Å². The predicted molar refractivity (Wildman–Crippen MR) is 107 cm³/mol. The molecule has 0 saturated carbocycles. The first-order chi connectivity index (χ1) is 13.3. The number of hydrogen-bond acceptors (Lipinski definition) is 4. The van der Waals surface area contributed by atoms with E-state index in [9.17, 15) is 0 Å². The van der Waals surface area contributed by atoms with Crippen LogP contribution in [0.25, 0.3) is 17.2 Å². The van der Waals surface area contributed by atoms with Crippen molar-refractivity contribution in [2.45, 2.75) is 32.6 Å². The molecule has 2 aromatic heterocycles. The molecular formula is C22H21N5. The number of nitrogens with one attached hydrogen (secondary N) is 1. The lowest BCUT2D eigenvalue weighted by Gasteiger charge is -2.12. The fraction of sp³-hybridized carbons (Fsp3) is 0.227. The minimum absolute atomic E-state index is 0.655. The van der Waals surface area contributed by atoms with Crippen LogP contribution in [0.1, 0.15) is 30.2 Å². The van der Waals surface area contributed by atoms with Crippen LogP contribution in [-0.4, -0.2) is 19.6 Å². The maximum absolute atomic E-state index is 4.78. The van der Waals surface area contributed by atoms with Crippen molar-refractivity contribution in [3.8, 4) is 11.4 Å². The molecule has 1 N–H and O–H groups in total. The summed E-state index contributed by atoms with van der Waals surface area (Å²) in [5.41, 5.74) is 5.79. The van der Waals surface area contributed by atoms with Gasteiger partial charge in [0.1, 0.15) is 5.82 Å². The molecule has 1 aliphatic rings. The number of benzene rings is 2. The van der Waals surface area contributed by atoms with Gasteiger partial charge in [0.15, 0.2) is 5.82 Å². The van der Waals surface area contributed by atoms with E-state index >= 15 is 0 Å². The van der Waals surface area contributed by atoms with Crippen molar-refractivity contribution in [3.05, 3.63) is 71.4 Å². The maximum atomic E-state index is 4.78. The summed E-state index contributed by atoms with van der Waals surface area (Å²) in [5, 5.41) is 8.35. The van der Waals surface area contributed by atoms with Crippen LogP contribution in [-0.2, 0) is 19.3 Å². The van der Waals surface area contributed by atoms with Crippen LogP contribution >= 0.6 is 0 Å². The van der Waals surface area contributed by atoms with Gasteiger partial charge >= 0.3 is 0 Å². The van der Waals surface area contributed by atoms with Crippen molar-refractivity contribution < 1.29 is 0 Å². The molecule has 0 amide bonds. The van der Waals surface area contributed by atoms with Crippen molar-refractivity contribution in [1.82, 2.24) is 19.6 Å². The normalized spacial score (nSPS) is 13.1. The summed E-state index contributed by atoms with van der Waals surface area (Å²) in [5.74, 6) is 2.35. The van der Waals surface area contributed by atoms with Crippen LogP contribution in [0.2, 0.25) is 0 Å². The van der Waals surface area contributed by atoms with Crippen molar-refractivity contribution >= 4 is 17.3 Å². The first-order valence-electron chi connectivity index (χ1n) is 9.52. The second-order valence-electron chi connectivity index (χ2n) is 6.93. The molecule has 27 heavy (non-hydrogen) atoms. The molecule has 0 bridgehead atoms. The van der Waals surface area contributed by atoms with Gasteiger partial charge in [-0.1, -0.05) is 49.4 Å². The lowest BCUT2D eigenvalue weighted by molar-refractivity contribution is 0.900. The fourth-order valence-electron chi connectivity index (χ4n) is 3.68. The van der Waals surface area contributed by atoms with E-state index in [1.54, 1.807) is 0 Å². The summed E-state index contributed by atoms with van der Waals surface area (Å²) >= 11 is 0. The Bertz CT molecular complexity index is 1100. The minimum Gasteiger partial charge on any atom is -0.340 e. The van der Waals surface area contributed by atoms with Gasteiger partial charge in [-0.2, -0.15) is 9.50 Å². The second kappa shape index (κ2) is 6.50. The average Bonchev–Trinajstić information content (AvgIpc) is 3.36. The van der Waals surface area contributed by atoms with Gasteiger partial charge in [-0.15, -0.1) is 5.10 Å². The van der Waals surface area contributed by atoms with Crippen molar-refractivity contribution in [3.63, 3.8) is 0 Å². The van der Waals surface area contributed by atoms with Gasteiger partial charge in [0, 0.05) is 16.8 Å². The summed E-state index contributed by atoms with van der Waals surface area (Å²) in [6.07, 6.45) is 4.19. The highest BCUT2D eigenvalue weighted by Crippen LogP contribution is 2.31. The van der Waals surface area contributed by atoms with E-state index in [0.717, 1.165) is 48.4 Å². The number of aromatic nitrogens is 4. The topological polar surface area (TPSA) is 55.1 Å². The molecule has 5 rings (SSSR count). The summed E-state index contributed by atoms with van der Waals surface area (Å²) in [7, 11) is 0. The molecule has 0 saturated heterocycles. The molecular weight excluding hydrogens is 334 g/mol. The standard InChI is InChI=1S/C22H21N5/c1-2-15-11-13-17(14-12-15)23-21-18-9-6-10-19(18)24-22-25-20(26-27(21)22)16-7-4-3-5-8-16/h3-5,7-8,11-14,23H,2,6,9-10H2,1H3. The number of rotatable bonds is 4. The molecule has 0 spiro atoms. The third-order valence-electron chi connectivity index (χ3n) is 5.17. The van der Waals surface area contributed by atoms with Crippen LogP contribution in [0.3, 0.4) is 0 Å². The SMILES string of the molecule is CCc1ccc(Nc2c3c(nc4nc(-c5ccccc5)nn24)CCC3)cc1. The molecule has 2 aromatic carbocycles. The Morgan fingerprint density at radius 3 is 2.56 bits per heavy atom. The van der Waals surface area contributed by atoms with Gasteiger partial charge < -0.3 is 5.32 Å². The molecule has 0 radical (unpaired) electrons. The number of aryl methyl sites for hydroxylation is 2. The summed E-state index contributed by atoms with van der Waals surface area (Å²) in [6, 6.07) is 18.6. The van der Waals surface area contributed by atoms with E-state index in [0.29, 0.717) is 11.6 Å². The molecule has 0 atom stereocenters. The molecule has 0 fully saturated rings. The molecule has 1 aliphatic carbocycles. The number of nitrogens with zero attached hydrogens (tertiary/aromatic N) is 4. The largest absolute Gasteiger partial charge is 0.340 e. The third kappa shape index (κ3) is 2.85. The third-order valence-corrected chi connectivity index (χ3v) is 5.17. The lowest BCUT2D eigenvalue weighted by Crippen LogP contribution is -2.07. The van der Waals surface area contributed by atoms with Gasteiger partial charge in [-0.05, 0) is 43.4 Å². The molecule has 5 nitrogen and oxygen atoms in total. The van der Waals surface area contributed by atoms with Crippen LogP contribution in [0, 0.1) is 0 Å². The Labute approximate surface area is 158 Å². The Kier molecular flexibility index (Phi) is 3.85. The molecule has 0 aliphatic heterocycles. The number of hydrogen-bond donors (Lipinski definition) is 1. The van der Waals surface area contributed by atoms with Crippen LogP contribution in [0.5, 0.6) is 0 Å². The van der Waals surface area contributed by atoms with Crippen LogP contribution in [0.4, 0.5) is 11.5 Å². The van der Waals surface area contributed by atoms with Crippen molar-refractivity contribution in [2.24, 2.45) is 0 Å². The van der Waals surface area contributed by atoms with Crippen molar-refractivity contribution in [1.29, 1.82) is 0 Å². The summed E-state index contributed by atoms with van der Waals surface area (Å²) in [4.78, 5) is 9.47. The first kappa shape index (κ1) is 16.0. The molecule has 134 valence electrons. The van der Waals surface area contributed by atoms with Gasteiger partial charge in [-0.3, -0.25) is 0 Å². The van der Waals surface area contributed by atoms with E-state index in [-0.39, 0.29) is 0 Å². The fourth-order valence-corrected chi connectivity index (χ4v) is 3.68. The molecule has 0 unspecified atom stereocenters. The Morgan fingerprint density at radius 2 is 1.78 bits per heavy atom. The van der Waals surface area contributed by atoms with Crippen LogP contribution < -0.4 is 5.32 Å². The Morgan fingerprint density at radius 1 is 0.963 bits per heavy atom. The summed E-state index contributed by atoms with van der Waals surface area (Å²) in [6.45, 7) is 2.17. The average molecular weight is 355 g/mol. The minimum atomic E-state index is 0.655. The monoisotopic (exact) mass is 355 g/mol. The Balaban J connectivity index is 1.63. The number of anilines is 2. The number of fused-ring (bicyclic) bond motifs is 2. The lowest BCUT2D eigenvalue weighted by atomic mass is 10.1. The van der Waals surface area contributed by atoms with E-state index in [4.69, 9.17) is 15.1 Å². The highest BCUT2D eigenvalue weighted by molar-refractivity contribution is 5.66.